The molecule has 4 nitrogen and oxygen atoms in total. The number of rotatable bonds is 2. The summed E-state index contributed by atoms with van der Waals surface area (Å²) < 4.78 is 5.37. The number of carbonyl (C=O) groups is 1. The molecule has 3 rings (SSSR count). The summed E-state index contributed by atoms with van der Waals surface area (Å²) in [5, 5.41) is 3.57. The Morgan fingerprint density at radius 2 is 2.16 bits per heavy atom. The van der Waals surface area contributed by atoms with Crippen LogP contribution in [0, 0.1) is 0 Å². The van der Waals surface area contributed by atoms with Crippen molar-refractivity contribution >= 4 is 17.3 Å². The monoisotopic (exact) mass is 260 g/mol. The fourth-order valence-electron chi connectivity index (χ4n) is 2.90. The van der Waals surface area contributed by atoms with Crippen molar-refractivity contribution in [1.29, 1.82) is 0 Å². The molecule has 19 heavy (non-hydrogen) atoms. The van der Waals surface area contributed by atoms with Crippen LogP contribution in [0.15, 0.2) is 18.2 Å². The largest absolute Gasteiger partial charge is 0.382 e. The van der Waals surface area contributed by atoms with E-state index in [4.69, 9.17) is 4.74 Å². The van der Waals surface area contributed by atoms with E-state index in [1.807, 2.05) is 4.90 Å². The van der Waals surface area contributed by atoms with E-state index in [9.17, 15) is 4.79 Å². The van der Waals surface area contributed by atoms with E-state index in [0.29, 0.717) is 6.04 Å². The van der Waals surface area contributed by atoms with Crippen molar-refractivity contribution in [3.8, 4) is 0 Å². The molecule has 0 saturated carbocycles. The van der Waals surface area contributed by atoms with Crippen molar-refractivity contribution in [1.82, 2.24) is 0 Å². The van der Waals surface area contributed by atoms with E-state index >= 15 is 0 Å². The van der Waals surface area contributed by atoms with Gasteiger partial charge in [-0.15, -0.1) is 0 Å². The molecule has 4 heteroatoms. The molecule has 1 aromatic carbocycles. The molecule has 0 aliphatic carbocycles. The second-order valence-electron chi connectivity index (χ2n) is 5.30. The second kappa shape index (κ2) is 5.21. The van der Waals surface area contributed by atoms with Crippen LogP contribution in [0.2, 0.25) is 0 Å². The molecule has 1 fully saturated rings. The Kier molecular flexibility index (Phi) is 3.42. The van der Waals surface area contributed by atoms with E-state index in [2.05, 4.69) is 23.5 Å². The highest BCUT2D eigenvalue weighted by Crippen LogP contribution is 2.31. The van der Waals surface area contributed by atoms with Crippen molar-refractivity contribution in [2.45, 2.75) is 32.2 Å². The van der Waals surface area contributed by atoms with Crippen molar-refractivity contribution in [2.75, 3.05) is 30.0 Å². The molecule has 0 unspecified atom stereocenters. The van der Waals surface area contributed by atoms with Gasteiger partial charge in [0.15, 0.2) is 0 Å². The third-order valence-corrected chi connectivity index (χ3v) is 3.95. The molecule has 0 radical (unpaired) electrons. The zero-order valence-electron chi connectivity index (χ0n) is 11.3. The average molecular weight is 260 g/mol. The lowest BCUT2D eigenvalue weighted by atomic mass is 10.1. The normalized spacial score (nSPS) is 19.3. The minimum atomic E-state index is 0.129. The summed E-state index contributed by atoms with van der Waals surface area (Å²) in [7, 11) is 0. The van der Waals surface area contributed by atoms with E-state index < -0.39 is 0 Å². The Balaban J connectivity index is 1.73. The predicted octanol–water partition coefficient (Wildman–Crippen LogP) is 2.19. The number of carbonyl (C=O) groups excluding carboxylic acids is 1. The summed E-state index contributed by atoms with van der Waals surface area (Å²) in [6, 6.07) is 6.84. The molecular weight excluding hydrogens is 240 g/mol. The van der Waals surface area contributed by atoms with Crippen LogP contribution in [0.25, 0.3) is 0 Å². The summed E-state index contributed by atoms with van der Waals surface area (Å²) >= 11 is 0. The van der Waals surface area contributed by atoms with Gasteiger partial charge < -0.3 is 15.0 Å². The average Bonchev–Trinajstić information content (AvgIpc) is 2.83. The lowest BCUT2D eigenvalue weighted by Crippen LogP contribution is -2.28. The zero-order chi connectivity index (χ0) is 13.2. The number of nitrogens with one attached hydrogen (secondary N) is 1. The lowest BCUT2D eigenvalue weighted by Gasteiger charge is -2.24. The van der Waals surface area contributed by atoms with Crippen molar-refractivity contribution in [3.05, 3.63) is 23.8 Å². The smallest absolute Gasteiger partial charge is 0.223 e. The summed E-state index contributed by atoms with van der Waals surface area (Å²) in [5.41, 5.74) is 3.51. The van der Waals surface area contributed by atoms with Crippen LogP contribution >= 0.6 is 0 Å². The van der Waals surface area contributed by atoms with Crippen LogP contribution in [0.1, 0.15) is 25.3 Å². The predicted molar refractivity (Wildman–Crippen MR) is 75.6 cm³/mol. The van der Waals surface area contributed by atoms with Gasteiger partial charge in [-0.3, -0.25) is 4.79 Å². The number of amides is 1. The lowest BCUT2D eigenvalue weighted by molar-refractivity contribution is -0.116. The van der Waals surface area contributed by atoms with Crippen LogP contribution in [0.4, 0.5) is 11.4 Å². The van der Waals surface area contributed by atoms with Gasteiger partial charge in [-0.2, -0.15) is 0 Å². The number of ether oxygens (including phenoxy) is 1. The van der Waals surface area contributed by atoms with Crippen LogP contribution in [0.5, 0.6) is 0 Å². The summed E-state index contributed by atoms with van der Waals surface area (Å²) in [6.07, 6.45) is 3.09. The Morgan fingerprint density at radius 1 is 1.37 bits per heavy atom. The number of anilines is 2. The second-order valence-corrected chi connectivity index (χ2v) is 5.30. The summed E-state index contributed by atoms with van der Waals surface area (Å²) in [4.78, 5) is 13.4. The first-order valence-corrected chi connectivity index (χ1v) is 6.99. The topological polar surface area (TPSA) is 41.6 Å². The molecular formula is C15H20N2O2. The zero-order valence-corrected chi connectivity index (χ0v) is 11.3. The molecule has 102 valence electrons. The molecule has 0 spiro atoms. The van der Waals surface area contributed by atoms with Crippen molar-refractivity contribution in [3.63, 3.8) is 0 Å². The molecule has 1 aromatic rings. The maximum Gasteiger partial charge on any atom is 0.223 e. The number of hydrogen-bond donors (Lipinski definition) is 1. The van der Waals surface area contributed by atoms with Crippen LogP contribution in [-0.4, -0.2) is 31.7 Å². The Bertz CT molecular complexity index is 481. The number of nitrogens with zero attached hydrogens (tertiary/aromatic N) is 1. The molecule has 2 heterocycles. The van der Waals surface area contributed by atoms with Gasteiger partial charge in [0.25, 0.3) is 0 Å². The quantitative estimate of drug-likeness (QED) is 0.886. The number of fused-ring (bicyclic) bond motifs is 1. The van der Waals surface area contributed by atoms with Gasteiger partial charge >= 0.3 is 0 Å². The Labute approximate surface area is 113 Å². The molecule has 2 aliphatic heterocycles. The first-order valence-electron chi connectivity index (χ1n) is 6.99. The molecule has 0 aromatic heterocycles. The Hall–Kier alpha value is -1.55. The van der Waals surface area contributed by atoms with Gasteiger partial charge in [0.2, 0.25) is 5.91 Å². The molecule has 0 atom stereocenters. The van der Waals surface area contributed by atoms with Crippen molar-refractivity contribution < 1.29 is 9.53 Å². The first kappa shape index (κ1) is 12.5. The minimum Gasteiger partial charge on any atom is -0.382 e. The maximum absolute atomic E-state index is 11.5. The highest BCUT2D eigenvalue weighted by molar-refractivity contribution is 5.94. The standard InChI is InChI=1S/C15H20N2O2/c1-11(18)17-7-4-12-10-14(2-3-15(12)17)16-13-5-8-19-9-6-13/h2-3,10,13,16H,4-9H2,1H3. The van der Waals surface area contributed by atoms with Gasteiger partial charge in [-0.25, -0.2) is 0 Å². The highest BCUT2D eigenvalue weighted by atomic mass is 16.5. The van der Waals surface area contributed by atoms with Crippen LogP contribution in [0.3, 0.4) is 0 Å². The summed E-state index contributed by atoms with van der Waals surface area (Å²) in [6.45, 7) is 4.14. The van der Waals surface area contributed by atoms with Crippen LogP contribution in [-0.2, 0) is 16.0 Å². The number of hydrogen-bond acceptors (Lipinski definition) is 3. The van der Waals surface area contributed by atoms with Gasteiger partial charge in [0.05, 0.1) is 0 Å². The van der Waals surface area contributed by atoms with E-state index in [0.717, 1.165) is 50.4 Å². The van der Waals surface area contributed by atoms with Gasteiger partial charge in [-0.05, 0) is 43.0 Å². The molecule has 1 saturated heterocycles. The fraction of sp³-hybridized carbons (Fsp3) is 0.533. The molecule has 1 N–H and O–H groups in total. The maximum atomic E-state index is 11.5. The van der Waals surface area contributed by atoms with Crippen molar-refractivity contribution in [2.24, 2.45) is 0 Å². The molecule has 0 bridgehead atoms. The highest BCUT2D eigenvalue weighted by Gasteiger charge is 2.22. The number of benzene rings is 1. The molecule has 2 aliphatic rings. The molecule has 1 amide bonds. The van der Waals surface area contributed by atoms with Gasteiger partial charge in [0.1, 0.15) is 0 Å². The first-order chi connectivity index (χ1) is 9.24. The minimum absolute atomic E-state index is 0.129. The van der Waals surface area contributed by atoms with Gasteiger partial charge in [0, 0.05) is 44.1 Å². The fourth-order valence-corrected chi connectivity index (χ4v) is 2.90. The van der Waals surface area contributed by atoms with Crippen LogP contribution < -0.4 is 10.2 Å². The van der Waals surface area contributed by atoms with Gasteiger partial charge in [-0.1, -0.05) is 0 Å². The third-order valence-electron chi connectivity index (χ3n) is 3.95. The summed E-state index contributed by atoms with van der Waals surface area (Å²) in [5.74, 6) is 0.129. The van der Waals surface area contributed by atoms with E-state index in [1.54, 1.807) is 6.92 Å². The Morgan fingerprint density at radius 3 is 2.89 bits per heavy atom. The SMILES string of the molecule is CC(=O)N1CCc2cc(NC3CCOCC3)ccc21. The van der Waals surface area contributed by atoms with E-state index in [1.165, 1.54) is 5.56 Å². The van der Waals surface area contributed by atoms with E-state index in [-0.39, 0.29) is 5.91 Å². The third kappa shape index (κ3) is 2.59.